The highest BCUT2D eigenvalue weighted by Crippen LogP contribution is 2.22. The Morgan fingerprint density at radius 2 is 1.50 bits per heavy atom. The minimum Gasteiger partial charge on any atom is -0.358 e. The van der Waals surface area contributed by atoms with E-state index in [4.69, 9.17) is 0 Å². The van der Waals surface area contributed by atoms with Crippen molar-refractivity contribution in [2.75, 3.05) is 0 Å². The number of aryl methyl sites for hydroxylation is 2. The van der Waals surface area contributed by atoms with Gasteiger partial charge in [-0.15, -0.1) is 0 Å². The number of rotatable bonds is 9. The summed E-state index contributed by atoms with van der Waals surface area (Å²) in [6.07, 6.45) is 12.3. The molecule has 0 aliphatic heterocycles. The fourth-order valence-corrected chi connectivity index (χ4v) is 3.02. The van der Waals surface area contributed by atoms with Crippen LogP contribution in [0.3, 0.4) is 0 Å². The molecule has 110 valence electrons. The Morgan fingerprint density at radius 3 is 2.20 bits per heavy atom. The van der Waals surface area contributed by atoms with Gasteiger partial charge in [0.15, 0.2) is 0 Å². The third kappa shape index (κ3) is 4.13. The molecule has 0 unspecified atom stereocenters. The van der Waals surface area contributed by atoms with E-state index in [9.17, 15) is 0 Å². The van der Waals surface area contributed by atoms with Crippen LogP contribution in [0, 0.1) is 6.92 Å². The largest absolute Gasteiger partial charge is 0.358 e. The van der Waals surface area contributed by atoms with Gasteiger partial charge in [-0.1, -0.05) is 70.1 Å². The SMILES string of the molecule is CCCCCCCCCCc1[nH]c2ccccc2c1C. The molecule has 0 fully saturated rings. The number of benzene rings is 1. The molecule has 0 aliphatic carbocycles. The van der Waals surface area contributed by atoms with Crippen molar-refractivity contribution in [2.45, 2.75) is 71.6 Å². The van der Waals surface area contributed by atoms with E-state index in [1.54, 1.807) is 0 Å². The van der Waals surface area contributed by atoms with Crippen LogP contribution in [0.15, 0.2) is 24.3 Å². The first kappa shape index (κ1) is 15.2. The predicted molar refractivity (Wildman–Crippen MR) is 89.3 cm³/mol. The Balaban J connectivity index is 1.69. The van der Waals surface area contributed by atoms with Gasteiger partial charge in [-0.05, 0) is 31.4 Å². The smallest absolute Gasteiger partial charge is 0.0458 e. The van der Waals surface area contributed by atoms with E-state index in [2.05, 4.69) is 43.1 Å². The summed E-state index contributed by atoms with van der Waals surface area (Å²) >= 11 is 0. The summed E-state index contributed by atoms with van der Waals surface area (Å²) in [7, 11) is 0. The van der Waals surface area contributed by atoms with Crippen molar-refractivity contribution in [2.24, 2.45) is 0 Å². The lowest BCUT2D eigenvalue weighted by atomic mass is 10.0. The second-order valence-electron chi connectivity index (χ2n) is 6.00. The predicted octanol–water partition coefficient (Wildman–Crippen LogP) is 6.16. The molecule has 1 aromatic carbocycles. The number of H-pyrrole nitrogens is 1. The Labute approximate surface area is 123 Å². The van der Waals surface area contributed by atoms with Gasteiger partial charge in [0.25, 0.3) is 0 Å². The molecule has 2 rings (SSSR count). The molecule has 0 atom stereocenters. The molecule has 0 saturated heterocycles. The number of unbranched alkanes of at least 4 members (excludes halogenated alkanes) is 7. The zero-order chi connectivity index (χ0) is 14.2. The lowest BCUT2D eigenvalue weighted by Crippen LogP contribution is -1.89. The topological polar surface area (TPSA) is 15.8 Å². The number of aromatic nitrogens is 1. The first-order valence-electron chi connectivity index (χ1n) is 8.39. The molecule has 1 heterocycles. The molecule has 1 heteroatoms. The van der Waals surface area contributed by atoms with E-state index in [0.717, 1.165) is 0 Å². The van der Waals surface area contributed by atoms with Gasteiger partial charge < -0.3 is 4.98 Å². The van der Waals surface area contributed by atoms with Crippen LogP contribution in [-0.4, -0.2) is 4.98 Å². The second-order valence-corrected chi connectivity index (χ2v) is 6.00. The first-order chi connectivity index (χ1) is 9.83. The Hall–Kier alpha value is -1.24. The Bertz CT molecular complexity index is 509. The van der Waals surface area contributed by atoms with Crippen LogP contribution in [0.25, 0.3) is 10.9 Å². The highest BCUT2D eigenvalue weighted by Gasteiger charge is 2.06. The lowest BCUT2D eigenvalue weighted by Gasteiger charge is -2.02. The van der Waals surface area contributed by atoms with Crippen LogP contribution in [-0.2, 0) is 6.42 Å². The molecule has 0 amide bonds. The molecule has 0 radical (unpaired) electrons. The van der Waals surface area contributed by atoms with Crippen LogP contribution in [0.1, 0.15) is 69.5 Å². The fraction of sp³-hybridized carbons (Fsp3) is 0.579. The van der Waals surface area contributed by atoms with Crippen molar-refractivity contribution < 1.29 is 0 Å². The molecule has 0 saturated carbocycles. The van der Waals surface area contributed by atoms with Crippen LogP contribution in [0.4, 0.5) is 0 Å². The number of nitrogens with one attached hydrogen (secondary N) is 1. The molecular formula is C19H29N. The van der Waals surface area contributed by atoms with Gasteiger partial charge in [0, 0.05) is 16.6 Å². The quantitative estimate of drug-likeness (QED) is 0.526. The molecule has 2 aromatic rings. The zero-order valence-electron chi connectivity index (χ0n) is 13.2. The van der Waals surface area contributed by atoms with Crippen molar-refractivity contribution in [3.63, 3.8) is 0 Å². The molecule has 0 bridgehead atoms. The first-order valence-corrected chi connectivity index (χ1v) is 8.39. The third-order valence-corrected chi connectivity index (χ3v) is 4.35. The highest BCUT2D eigenvalue weighted by molar-refractivity contribution is 5.84. The maximum Gasteiger partial charge on any atom is 0.0458 e. The Morgan fingerprint density at radius 1 is 0.850 bits per heavy atom. The number of aromatic amines is 1. The standard InChI is InChI=1S/C19H29N/c1-3-4-5-6-7-8-9-10-14-18-16(2)17-13-11-12-15-19(17)20-18/h11-13,15,20H,3-10,14H2,1-2H3. The van der Waals surface area contributed by atoms with Crippen molar-refractivity contribution in [1.29, 1.82) is 0 Å². The average Bonchev–Trinajstić information content (AvgIpc) is 2.79. The Kier molecular flexibility index (Phi) is 6.17. The highest BCUT2D eigenvalue weighted by atomic mass is 14.7. The molecule has 20 heavy (non-hydrogen) atoms. The molecule has 1 aromatic heterocycles. The van der Waals surface area contributed by atoms with Gasteiger partial charge in [0.1, 0.15) is 0 Å². The van der Waals surface area contributed by atoms with Crippen LogP contribution >= 0.6 is 0 Å². The van der Waals surface area contributed by atoms with Gasteiger partial charge in [-0.3, -0.25) is 0 Å². The summed E-state index contributed by atoms with van der Waals surface area (Å²) in [4.78, 5) is 3.58. The van der Waals surface area contributed by atoms with Crippen LogP contribution in [0.2, 0.25) is 0 Å². The summed E-state index contributed by atoms with van der Waals surface area (Å²) in [6, 6.07) is 8.64. The van der Waals surface area contributed by atoms with Crippen LogP contribution in [0.5, 0.6) is 0 Å². The van der Waals surface area contributed by atoms with Gasteiger partial charge in [0.2, 0.25) is 0 Å². The average molecular weight is 271 g/mol. The summed E-state index contributed by atoms with van der Waals surface area (Å²) < 4.78 is 0. The number of para-hydroxylation sites is 1. The minimum atomic E-state index is 1.20. The van der Waals surface area contributed by atoms with E-state index < -0.39 is 0 Å². The number of fused-ring (bicyclic) bond motifs is 1. The molecule has 1 nitrogen and oxygen atoms in total. The van der Waals surface area contributed by atoms with Gasteiger partial charge in [-0.2, -0.15) is 0 Å². The molecule has 0 spiro atoms. The summed E-state index contributed by atoms with van der Waals surface area (Å²) in [5, 5.41) is 1.39. The second kappa shape index (κ2) is 8.14. The van der Waals surface area contributed by atoms with Gasteiger partial charge in [0.05, 0.1) is 0 Å². The van der Waals surface area contributed by atoms with E-state index >= 15 is 0 Å². The fourth-order valence-electron chi connectivity index (χ4n) is 3.02. The van der Waals surface area contributed by atoms with E-state index in [-0.39, 0.29) is 0 Å². The van der Waals surface area contributed by atoms with Gasteiger partial charge >= 0.3 is 0 Å². The van der Waals surface area contributed by atoms with Crippen LogP contribution < -0.4 is 0 Å². The molecule has 0 aliphatic rings. The molecular weight excluding hydrogens is 242 g/mol. The lowest BCUT2D eigenvalue weighted by molar-refractivity contribution is 0.574. The summed E-state index contributed by atoms with van der Waals surface area (Å²) in [5.74, 6) is 0. The monoisotopic (exact) mass is 271 g/mol. The third-order valence-electron chi connectivity index (χ3n) is 4.35. The van der Waals surface area contributed by atoms with E-state index in [1.165, 1.54) is 79.9 Å². The van der Waals surface area contributed by atoms with Crippen molar-refractivity contribution in [1.82, 2.24) is 4.98 Å². The van der Waals surface area contributed by atoms with Crippen molar-refractivity contribution in [3.05, 3.63) is 35.5 Å². The molecule has 1 N–H and O–H groups in total. The van der Waals surface area contributed by atoms with Crippen molar-refractivity contribution in [3.8, 4) is 0 Å². The maximum absolute atomic E-state index is 3.58. The van der Waals surface area contributed by atoms with Gasteiger partial charge in [-0.25, -0.2) is 0 Å². The number of hydrogen-bond acceptors (Lipinski definition) is 0. The number of hydrogen-bond donors (Lipinski definition) is 1. The van der Waals surface area contributed by atoms with Crippen molar-refractivity contribution >= 4 is 10.9 Å². The minimum absolute atomic E-state index is 1.20. The zero-order valence-corrected chi connectivity index (χ0v) is 13.2. The van der Waals surface area contributed by atoms with E-state index in [1.807, 2.05) is 0 Å². The van der Waals surface area contributed by atoms with E-state index in [0.29, 0.717) is 0 Å². The maximum atomic E-state index is 3.58. The normalized spacial score (nSPS) is 11.3. The summed E-state index contributed by atoms with van der Waals surface area (Å²) in [5.41, 5.74) is 4.18. The summed E-state index contributed by atoms with van der Waals surface area (Å²) in [6.45, 7) is 4.53.